The second kappa shape index (κ2) is 8.75. The number of carbonyl (C=O) groups is 2. The summed E-state index contributed by atoms with van der Waals surface area (Å²) in [6, 6.07) is 19.6. The van der Waals surface area contributed by atoms with Crippen LogP contribution in [-0.2, 0) is 14.0 Å². The first-order chi connectivity index (χ1) is 15.6. The van der Waals surface area contributed by atoms with E-state index in [0.29, 0.717) is 4.91 Å². The summed E-state index contributed by atoms with van der Waals surface area (Å²) in [5, 5.41) is 21.1. The smallest absolute Gasteiger partial charge is 0.343 e. The lowest BCUT2D eigenvalue weighted by atomic mass is 9.92. The third kappa shape index (κ3) is 3.75. The van der Waals surface area contributed by atoms with Gasteiger partial charge in [-0.15, -0.1) is 0 Å². The monoisotopic (exact) mass is 483 g/mol. The summed E-state index contributed by atoms with van der Waals surface area (Å²) in [5.41, 5.74) is 0.0994. The molecule has 0 saturated carbocycles. The van der Waals surface area contributed by atoms with Crippen molar-refractivity contribution in [3.63, 3.8) is 0 Å². The van der Waals surface area contributed by atoms with Gasteiger partial charge in [-0.1, -0.05) is 93.2 Å². The molecule has 0 aromatic heterocycles. The molecule has 0 spiro atoms. The largest absolute Gasteiger partial charge is 0.505 e. The van der Waals surface area contributed by atoms with Gasteiger partial charge in [-0.3, -0.25) is 9.69 Å². The average Bonchev–Trinajstić information content (AvgIpc) is 3.11. The van der Waals surface area contributed by atoms with E-state index in [-0.39, 0.29) is 18.2 Å². The lowest BCUT2D eigenvalue weighted by molar-refractivity contribution is -0.156. The number of aliphatic hydroxyl groups is 2. The molecule has 2 heterocycles. The summed E-state index contributed by atoms with van der Waals surface area (Å²) in [6.45, 7) is 7.40. The van der Waals surface area contributed by atoms with Crippen molar-refractivity contribution in [2.45, 2.75) is 44.2 Å². The fourth-order valence-corrected chi connectivity index (χ4v) is 10.6. The van der Waals surface area contributed by atoms with Gasteiger partial charge in [-0.2, -0.15) is 0 Å². The second-order valence-corrected chi connectivity index (χ2v) is 14.9. The molecule has 0 radical (unpaired) electrons. The summed E-state index contributed by atoms with van der Waals surface area (Å²) in [6.07, 6.45) is -0.835. The zero-order valence-corrected chi connectivity index (χ0v) is 21.0. The van der Waals surface area contributed by atoms with Crippen LogP contribution >= 0.6 is 11.8 Å². The van der Waals surface area contributed by atoms with Crippen molar-refractivity contribution < 1.29 is 24.2 Å². The predicted octanol–water partition coefficient (Wildman–Crippen LogP) is 2.21. The summed E-state index contributed by atoms with van der Waals surface area (Å²) in [7, 11) is -3.17. The maximum absolute atomic E-state index is 13.8. The maximum Gasteiger partial charge on any atom is 0.343 e. The lowest BCUT2D eigenvalue weighted by Gasteiger charge is -2.45. The van der Waals surface area contributed by atoms with Crippen molar-refractivity contribution in [1.29, 1.82) is 0 Å². The minimum Gasteiger partial charge on any atom is -0.505 e. The predicted molar refractivity (Wildman–Crippen MR) is 131 cm³/mol. The minimum absolute atomic E-state index is 0.0994. The molecule has 1 saturated heterocycles. The molecule has 8 heteroatoms. The lowest BCUT2D eigenvalue weighted by Crippen LogP contribution is -2.68. The number of β-lactam (4-membered cyclic amide) rings is 1. The highest BCUT2D eigenvalue weighted by atomic mass is 32.2. The Hall–Kier alpha value is -2.39. The van der Waals surface area contributed by atoms with E-state index < -0.39 is 36.7 Å². The summed E-state index contributed by atoms with van der Waals surface area (Å²) < 4.78 is 6.55. The van der Waals surface area contributed by atoms with Gasteiger partial charge in [0.2, 0.25) is 5.91 Å². The fourth-order valence-electron chi connectivity index (χ4n) is 4.79. The molecule has 33 heavy (non-hydrogen) atoms. The number of hydrogen-bond donors (Lipinski definition) is 2. The molecule has 2 N–H and O–H groups in total. The molecule has 174 valence electrons. The van der Waals surface area contributed by atoms with Crippen LogP contribution in [0.3, 0.4) is 0 Å². The van der Waals surface area contributed by atoms with Crippen molar-refractivity contribution in [2.24, 2.45) is 5.92 Å². The maximum atomic E-state index is 13.8. The molecular formula is C25H29NO5SSi. The molecule has 1 fully saturated rings. The Balaban J connectivity index is 1.81. The number of fused-ring (bicyclic) bond motifs is 1. The van der Waals surface area contributed by atoms with E-state index in [4.69, 9.17) is 4.43 Å². The molecule has 3 atom stereocenters. The molecule has 0 unspecified atom stereocenters. The van der Waals surface area contributed by atoms with Crippen LogP contribution in [-0.4, -0.2) is 53.4 Å². The van der Waals surface area contributed by atoms with E-state index in [0.717, 1.165) is 10.4 Å². The minimum atomic E-state index is -3.17. The zero-order valence-electron chi connectivity index (χ0n) is 19.2. The van der Waals surface area contributed by atoms with Crippen molar-refractivity contribution in [1.82, 2.24) is 4.90 Å². The van der Waals surface area contributed by atoms with Gasteiger partial charge in [0.25, 0.3) is 0 Å². The standard InChI is InChI=1S/C25H29NO5SSi/c1-16(28)20-22(29)26-21(19(15-27)32-23(20)26)24(30)31-33(25(2,3)4,17-11-7-5-8-12-17)18-13-9-6-10-14-18/h5-14,16,20,23,27-28H,15H2,1-4H3/t16-,20+,23-/m1/s1. The average molecular weight is 484 g/mol. The molecule has 2 aromatic carbocycles. The Kier molecular flexibility index (Phi) is 6.30. The highest BCUT2D eigenvalue weighted by molar-refractivity contribution is 8.04. The quantitative estimate of drug-likeness (QED) is 0.484. The van der Waals surface area contributed by atoms with Gasteiger partial charge >= 0.3 is 14.3 Å². The van der Waals surface area contributed by atoms with Crippen LogP contribution in [0.15, 0.2) is 71.3 Å². The first kappa shape index (κ1) is 23.8. The van der Waals surface area contributed by atoms with Crippen molar-refractivity contribution in [2.75, 3.05) is 6.61 Å². The third-order valence-electron chi connectivity index (χ3n) is 6.37. The third-order valence-corrected chi connectivity index (χ3v) is 12.6. The summed E-state index contributed by atoms with van der Waals surface area (Å²) in [5.74, 6) is -1.53. The van der Waals surface area contributed by atoms with E-state index in [1.165, 1.54) is 16.7 Å². The van der Waals surface area contributed by atoms with Gasteiger partial charge in [0.05, 0.1) is 18.6 Å². The Morgan fingerprint density at radius 3 is 2.03 bits per heavy atom. The molecule has 0 aliphatic carbocycles. The van der Waals surface area contributed by atoms with E-state index in [9.17, 15) is 19.8 Å². The van der Waals surface area contributed by atoms with Crippen molar-refractivity contribution >= 4 is 42.3 Å². The SMILES string of the molecule is C[C@@H](O)[C@H]1C(=O)N2C(C(=O)O[Si](c3ccccc3)(c3ccccc3)C(C)(C)C)=C(CO)S[C@H]12. The molecule has 2 aliphatic heterocycles. The summed E-state index contributed by atoms with van der Waals surface area (Å²) in [4.78, 5) is 28.4. The van der Waals surface area contributed by atoms with E-state index in [1.54, 1.807) is 6.92 Å². The second-order valence-electron chi connectivity index (χ2n) is 9.47. The topological polar surface area (TPSA) is 87.1 Å². The molecule has 0 bridgehead atoms. The Morgan fingerprint density at radius 2 is 1.61 bits per heavy atom. The molecule has 1 amide bonds. The molecule has 4 rings (SSSR count). The normalized spacial score (nSPS) is 21.5. The number of rotatable bonds is 6. The number of thioether (sulfide) groups is 1. The number of hydrogen-bond acceptors (Lipinski definition) is 6. The molecular weight excluding hydrogens is 454 g/mol. The number of benzene rings is 2. The van der Waals surface area contributed by atoms with Gasteiger partial charge in [0.15, 0.2) is 0 Å². The van der Waals surface area contributed by atoms with E-state index in [1.807, 2.05) is 60.7 Å². The van der Waals surface area contributed by atoms with Crippen molar-refractivity contribution in [3.8, 4) is 0 Å². The van der Waals surface area contributed by atoms with Gasteiger partial charge < -0.3 is 14.6 Å². The number of aliphatic hydroxyl groups excluding tert-OH is 2. The molecule has 6 nitrogen and oxygen atoms in total. The summed E-state index contributed by atoms with van der Waals surface area (Å²) >= 11 is 1.25. The van der Waals surface area contributed by atoms with Gasteiger partial charge in [0.1, 0.15) is 11.1 Å². The van der Waals surface area contributed by atoms with Crippen LogP contribution in [0.5, 0.6) is 0 Å². The van der Waals surface area contributed by atoms with Crippen LogP contribution in [0.25, 0.3) is 0 Å². The fraction of sp³-hybridized carbons (Fsp3) is 0.360. The highest BCUT2D eigenvalue weighted by Gasteiger charge is 2.60. The van der Waals surface area contributed by atoms with Gasteiger partial charge in [-0.05, 0) is 22.3 Å². The van der Waals surface area contributed by atoms with E-state index in [2.05, 4.69) is 20.8 Å². The Morgan fingerprint density at radius 1 is 1.09 bits per heavy atom. The molecule has 2 aromatic rings. The van der Waals surface area contributed by atoms with E-state index >= 15 is 0 Å². The number of nitrogens with zero attached hydrogens (tertiary/aromatic N) is 1. The van der Waals surface area contributed by atoms with Crippen LogP contribution in [0.1, 0.15) is 27.7 Å². The van der Waals surface area contributed by atoms with Gasteiger partial charge in [0, 0.05) is 4.91 Å². The van der Waals surface area contributed by atoms with Crippen LogP contribution < -0.4 is 10.4 Å². The Bertz CT molecular complexity index is 1040. The Labute approximate surface area is 199 Å². The van der Waals surface area contributed by atoms with Crippen molar-refractivity contribution in [3.05, 3.63) is 71.3 Å². The number of amides is 1. The van der Waals surface area contributed by atoms with Crippen LogP contribution in [0, 0.1) is 5.92 Å². The zero-order chi connectivity index (χ0) is 24.0. The van der Waals surface area contributed by atoms with Gasteiger partial charge in [-0.25, -0.2) is 4.79 Å². The molecule has 2 aliphatic rings. The first-order valence-electron chi connectivity index (χ1n) is 11.0. The number of carbonyl (C=O) groups excluding carboxylic acids is 2. The van der Waals surface area contributed by atoms with Crippen LogP contribution in [0.4, 0.5) is 0 Å². The highest BCUT2D eigenvalue weighted by Crippen LogP contribution is 2.51. The first-order valence-corrected chi connectivity index (χ1v) is 13.8. The van der Waals surface area contributed by atoms with Crippen LogP contribution in [0.2, 0.25) is 5.04 Å².